The molecule has 0 aliphatic rings. The van der Waals surface area contributed by atoms with Gasteiger partial charge in [0.1, 0.15) is 30.1 Å². The van der Waals surface area contributed by atoms with E-state index in [4.69, 9.17) is 21.1 Å². The number of aliphatic hydroxyl groups excluding tert-OH is 1. The minimum absolute atomic E-state index is 0.0486. The lowest BCUT2D eigenvalue weighted by atomic mass is 10.1. The molecular weight excluding hydrogens is 484 g/mol. The van der Waals surface area contributed by atoms with Crippen LogP contribution in [0.1, 0.15) is 42.1 Å². The topological polar surface area (TPSA) is 105 Å². The summed E-state index contributed by atoms with van der Waals surface area (Å²) in [4.78, 5) is 37.1. The van der Waals surface area contributed by atoms with Crippen molar-refractivity contribution in [2.24, 2.45) is 0 Å². The third-order valence-corrected chi connectivity index (χ3v) is 5.51. The molecule has 2 rings (SSSR count). The summed E-state index contributed by atoms with van der Waals surface area (Å²) in [7, 11) is 1.60. The summed E-state index contributed by atoms with van der Waals surface area (Å²) in [5, 5.41) is 12.8. The van der Waals surface area contributed by atoms with E-state index in [1.807, 2.05) is 41.3 Å². The van der Waals surface area contributed by atoms with E-state index in [-0.39, 0.29) is 44.1 Å². The Labute approximate surface area is 216 Å². The number of hydrogen-bond donors (Lipinski definition) is 2. The van der Waals surface area contributed by atoms with Crippen molar-refractivity contribution in [2.75, 3.05) is 26.8 Å². The SMILES string of the molecule is CCC(=O)NC(O)CCC(=O)CN(C/C=C/COc1cc(Cl)ccc1C=O)Cc1ccc(OC)cc1. The van der Waals surface area contributed by atoms with Gasteiger partial charge in [-0.1, -0.05) is 42.8 Å². The van der Waals surface area contributed by atoms with Crippen LogP contribution in [-0.2, 0) is 16.1 Å². The van der Waals surface area contributed by atoms with Crippen molar-refractivity contribution in [1.29, 1.82) is 0 Å². The molecule has 2 N–H and O–H groups in total. The monoisotopic (exact) mass is 516 g/mol. The fraction of sp³-hybridized carbons (Fsp3) is 0.370. The molecule has 0 fully saturated rings. The highest BCUT2D eigenvalue weighted by Gasteiger charge is 2.14. The summed E-state index contributed by atoms with van der Waals surface area (Å²) in [5.74, 6) is 0.840. The fourth-order valence-corrected chi connectivity index (χ4v) is 3.48. The number of Topliss-reactive ketones (excluding diaryl/α,β-unsaturated/α-hetero) is 1. The number of halogens is 1. The van der Waals surface area contributed by atoms with Gasteiger partial charge in [-0.2, -0.15) is 0 Å². The third-order valence-electron chi connectivity index (χ3n) is 5.28. The predicted octanol–water partition coefficient (Wildman–Crippen LogP) is 3.79. The Kier molecular flexibility index (Phi) is 12.7. The number of ether oxygens (including phenoxy) is 2. The second-order valence-electron chi connectivity index (χ2n) is 8.11. The van der Waals surface area contributed by atoms with E-state index in [2.05, 4.69) is 5.32 Å². The molecule has 0 aromatic heterocycles. The molecule has 0 spiro atoms. The van der Waals surface area contributed by atoms with Crippen molar-refractivity contribution in [3.63, 3.8) is 0 Å². The summed E-state index contributed by atoms with van der Waals surface area (Å²) in [5.41, 5.74) is 1.43. The Balaban J connectivity index is 1.95. The van der Waals surface area contributed by atoms with Crippen molar-refractivity contribution in [3.05, 3.63) is 70.8 Å². The molecular formula is C27H33ClN2O6. The summed E-state index contributed by atoms with van der Waals surface area (Å²) < 4.78 is 10.9. The summed E-state index contributed by atoms with van der Waals surface area (Å²) in [6.07, 6.45) is 3.93. The Morgan fingerprint density at radius 1 is 1.17 bits per heavy atom. The third kappa shape index (κ3) is 10.6. The Morgan fingerprint density at radius 2 is 1.92 bits per heavy atom. The van der Waals surface area contributed by atoms with Gasteiger partial charge in [-0.05, 0) is 42.3 Å². The van der Waals surface area contributed by atoms with E-state index >= 15 is 0 Å². The van der Waals surface area contributed by atoms with Crippen molar-refractivity contribution in [1.82, 2.24) is 10.2 Å². The minimum Gasteiger partial charge on any atom is -0.497 e. The van der Waals surface area contributed by atoms with E-state index in [0.717, 1.165) is 11.3 Å². The molecule has 1 atom stereocenters. The molecule has 0 aliphatic heterocycles. The van der Waals surface area contributed by atoms with Gasteiger partial charge in [0, 0.05) is 31.0 Å². The number of amides is 1. The number of hydrogen-bond acceptors (Lipinski definition) is 7. The van der Waals surface area contributed by atoms with E-state index in [1.54, 1.807) is 32.2 Å². The zero-order chi connectivity index (χ0) is 26.3. The zero-order valence-corrected chi connectivity index (χ0v) is 21.4. The van der Waals surface area contributed by atoms with Crippen LogP contribution in [0.25, 0.3) is 0 Å². The van der Waals surface area contributed by atoms with Crippen LogP contribution in [0.2, 0.25) is 5.02 Å². The average Bonchev–Trinajstić information content (AvgIpc) is 2.87. The second kappa shape index (κ2) is 15.7. The Bertz CT molecular complexity index is 1030. The smallest absolute Gasteiger partial charge is 0.221 e. The van der Waals surface area contributed by atoms with Gasteiger partial charge in [0.2, 0.25) is 5.91 Å². The number of rotatable bonds is 16. The van der Waals surface area contributed by atoms with E-state index < -0.39 is 6.23 Å². The van der Waals surface area contributed by atoms with Gasteiger partial charge in [-0.3, -0.25) is 19.3 Å². The molecule has 0 saturated carbocycles. The highest BCUT2D eigenvalue weighted by Crippen LogP contribution is 2.22. The minimum atomic E-state index is -1.05. The van der Waals surface area contributed by atoms with Crippen molar-refractivity contribution in [3.8, 4) is 11.5 Å². The molecule has 1 amide bonds. The lowest BCUT2D eigenvalue weighted by molar-refractivity contribution is -0.125. The Morgan fingerprint density at radius 3 is 2.58 bits per heavy atom. The van der Waals surface area contributed by atoms with Crippen LogP contribution in [0.15, 0.2) is 54.6 Å². The van der Waals surface area contributed by atoms with Gasteiger partial charge in [0.25, 0.3) is 0 Å². The van der Waals surface area contributed by atoms with Crippen LogP contribution in [0, 0.1) is 0 Å². The van der Waals surface area contributed by atoms with Gasteiger partial charge in [-0.15, -0.1) is 0 Å². The van der Waals surface area contributed by atoms with Crippen LogP contribution < -0.4 is 14.8 Å². The first-order valence-corrected chi connectivity index (χ1v) is 12.1. The second-order valence-corrected chi connectivity index (χ2v) is 8.55. The maximum Gasteiger partial charge on any atom is 0.221 e. The molecule has 36 heavy (non-hydrogen) atoms. The molecule has 9 heteroatoms. The maximum absolute atomic E-state index is 12.6. The number of benzene rings is 2. The van der Waals surface area contributed by atoms with Gasteiger partial charge >= 0.3 is 0 Å². The van der Waals surface area contributed by atoms with Crippen LogP contribution in [0.5, 0.6) is 11.5 Å². The molecule has 8 nitrogen and oxygen atoms in total. The fourth-order valence-electron chi connectivity index (χ4n) is 3.32. The first-order chi connectivity index (χ1) is 17.3. The first-order valence-electron chi connectivity index (χ1n) is 11.7. The van der Waals surface area contributed by atoms with E-state index in [0.29, 0.717) is 35.7 Å². The maximum atomic E-state index is 12.6. The molecule has 1 unspecified atom stereocenters. The molecule has 0 saturated heterocycles. The molecule has 194 valence electrons. The lowest BCUT2D eigenvalue weighted by Gasteiger charge is -2.21. The molecule has 0 radical (unpaired) electrons. The normalized spacial score (nSPS) is 11.9. The van der Waals surface area contributed by atoms with Crippen LogP contribution in [-0.4, -0.2) is 61.0 Å². The zero-order valence-electron chi connectivity index (χ0n) is 20.6. The highest BCUT2D eigenvalue weighted by molar-refractivity contribution is 6.30. The number of methoxy groups -OCH3 is 1. The summed E-state index contributed by atoms with van der Waals surface area (Å²) in [6.45, 7) is 3.11. The number of aliphatic hydroxyl groups is 1. The summed E-state index contributed by atoms with van der Waals surface area (Å²) >= 11 is 5.98. The van der Waals surface area contributed by atoms with Gasteiger partial charge < -0.3 is 19.9 Å². The number of aldehydes is 1. The number of nitrogens with one attached hydrogen (secondary N) is 1. The van der Waals surface area contributed by atoms with Gasteiger partial charge in [0.05, 0.1) is 19.2 Å². The highest BCUT2D eigenvalue weighted by atomic mass is 35.5. The molecule has 0 heterocycles. The van der Waals surface area contributed by atoms with Gasteiger partial charge in [0.15, 0.2) is 6.29 Å². The van der Waals surface area contributed by atoms with E-state index in [9.17, 15) is 19.5 Å². The van der Waals surface area contributed by atoms with E-state index in [1.165, 1.54) is 0 Å². The Hall–Kier alpha value is -3.20. The number of ketones is 1. The standard InChI is InChI=1S/C27H33ClN2O6/c1-3-26(33)29-27(34)13-10-23(32)18-30(17-20-6-11-24(35-2)12-7-20)14-4-5-15-36-25-16-22(28)9-8-21(25)19-31/h4-9,11-12,16,19,27,34H,3,10,13-15,17-18H2,1-2H3,(H,29,33)/b5-4+. The van der Waals surface area contributed by atoms with Crippen LogP contribution >= 0.6 is 11.6 Å². The molecule has 2 aromatic rings. The lowest BCUT2D eigenvalue weighted by Crippen LogP contribution is -2.35. The number of nitrogens with zero attached hydrogens (tertiary/aromatic N) is 1. The van der Waals surface area contributed by atoms with Crippen LogP contribution in [0.3, 0.4) is 0 Å². The molecule has 0 aliphatic carbocycles. The largest absolute Gasteiger partial charge is 0.497 e. The van der Waals surface area contributed by atoms with Crippen molar-refractivity contribution in [2.45, 2.75) is 39.0 Å². The van der Waals surface area contributed by atoms with Crippen molar-refractivity contribution < 1.29 is 29.0 Å². The summed E-state index contributed by atoms with van der Waals surface area (Å²) in [6, 6.07) is 12.4. The van der Waals surface area contributed by atoms with Crippen molar-refractivity contribution >= 4 is 29.6 Å². The average molecular weight is 517 g/mol. The van der Waals surface area contributed by atoms with Crippen LogP contribution in [0.4, 0.5) is 0 Å². The molecule has 0 bridgehead atoms. The number of carbonyl (C=O) groups is 3. The molecule has 2 aromatic carbocycles. The quantitative estimate of drug-likeness (QED) is 0.199. The first kappa shape index (κ1) is 29.0. The van der Waals surface area contributed by atoms with Gasteiger partial charge in [-0.25, -0.2) is 0 Å². The predicted molar refractivity (Wildman–Crippen MR) is 138 cm³/mol. The number of carbonyl (C=O) groups excluding carboxylic acids is 3.